The number of halogens is 1. The zero-order valence-corrected chi connectivity index (χ0v) is 13.1. The fraction of sp³-hybridized carbons (Fsp3) is 0.167. The maximum atomic E-state index is 12.1. The second-order valence-corrected chi connectivity index (χ2v) is 6.04. The summed E-state index contributed by atoms with van der Waals surface area (Å²) in [6.07, 6.45) is 1.83. The number of carbonyl (C=O) groups excluding carboxylic acids is 1. The highest BCUT2D eigenvalue weighted by Gasteiger charge is 2.14. The van der Waals surface area contributed by atoms with E-state index in [2.05, 4.69) is 23.3 Å². The van der Waals surface area contributed by atoms with Gasteiger partial charge in [0.1, 0.15) is 0 Å². The van der Waals surface area contributed by atoms with Crippen molar-refractivity contribution >= 4 is 29.0 Å². The Hall–Kier alpha value is -2.26. The van der Waals surface area contributed by atoms with Crippen LogP contribution in [0.1, 0.15) is 16.7 Å². The van der Waals surface area contributed by atoms with E-state index in [1.807, 2.05) is 25.1 Å². The minimum atomic E-state index is -0.265. The van der Waals surface area contributed by atoms with Crippen molar-refractivity contribution < 1.29 is 4.79 Å². The molecule has 1 aliphatic rings. The van der Waals surface area contributed by atoms with Crippen LogP contribution in [0, 0.1) is 6.92 Å². The van der Waals surface area contributed by atoms with Gasteiger partial charge in [0.15, 0.2) is 0 Å². The molecule has 4 heteroatoms. The van der Waals surface area contributed by atoms with E-state index < -0.39 is 0 Å². The summed E-state index contributed by atoms with van der Waals surface area (Å²) in [6.45, 7) is 5.92. The SMILES string of the molecule is C=C1Cc2ccc(NC(=O)Nc3ccc(Cl)c(C)c3)cc2C1. The van der Waals surface area contributed by atoms with Crippen molar-refractivity contribution in [2.24, 2.45) is 0 Å². The molecule has 1 aliphatic carbocycles. The van der Waals surface area contributed by atoms with Crippen LogP contribution in [-0.2, 0) is 12.8 Å². The van der Waals surface area contributed by atoms with Crippen molar-refractivity contribution in [3.8, 4) is 0 Å². The fourth-order valence-electron chi connectivity index (χ4n) is 2.66. The molecule has 0 aliphatic heterocycles. The van der Waals surface area contributed by atoms with Gasteiger partial charge in [-0.05, 0) is 66.8 Å². The molecule has 2 aromatic carbocycles. The van der Waals surface area contributed by atoms with Crippen LogP contribution in [0.2, 0.25) is 5.02 Å². The lowest BCUT2D eigenvalue weighted by molar-refractivity contribution is 0.262. The number of urea groups is 1. The third-order valence-corrected chi connectivity index (χ3v) is 4.18. The summed E-state index contributed by atoms with van der Waals surface area (Å²) in [5, 5.41) is 6.35. The number of anilines is 2. The monoisotopic (exact) mass is 312 g/mol. The van der Waals surface area contributed by atoms with Crippen LogP contribution in [0.3, 0.4) is 0 Å². The highest BCUT2D eigenvalue weighted by atomic mass is 35.5. The Labute approximate surface area is 135 Å². The van der Waals surface area contributed by atoms with E-state index in [1.54, 1.807) is 12.1 Å². The molecular formula is C18H17ClN2O. The van der Waals surface area contributed by atoms with Gasteiger partial charge in [-0.15, -0.1) is 0 Å². The largest absolute Gasteiger partial charge is 0.323 e. The van der Waals surface area contributed by atoms with Crippen LogP contribution in [0.5, 0.6) is 0 Å². The van der Waals surface area contributed by atoms with Crippen molar-refractivity contribution in [2.45, 2.75) is 19.8 Å². The lowest BCUT2D eigenvalue weighted by atomic mass is 10.1. The van der Waals surface area contributed by atoms with E-state index in [-0.39, 0.29) is 6.03 Å². The number of allylic oxidation sites excluding steroid dienone is 1. The number of hydrogen-bond acceptors (Lipinski definition) is 1. The Morgan fingerprint density at radius 1 is 1.05 bits per heavy atom. The van der Waals surface area contributed by atoms with Crippen molar-refractivity contribution in [2.75, 3.05) is 10.6 Å². The summed E-state index contributed by atoms with van der Waals surface area (Å²) in [5.74, 6) is 0. The van der Waals surface area contributed by atoms with E-state index in [0.717, 1.165) is 24.1 Å². The summed E-state index contributed by atoms with van der Waals surface area (Å²) in [5.41, 5.74) is 6.18. The number of hydrogen-bond donors (Lipinski definition) is 2. The van der Waals surface area contributed by atoms with Gasteiger partial charge >= 0.3 is 6.03 Å². The fourth-order valence-corrected chi connectivity index (χ4v) is 2.78. The quantitative estimate of drug-likeness (QED) is 0.757. The molecule has 3 nitrogen and oxygen atoms in total. The maximum Gasteiger partial charge on any atom is 0.323 e. The molecule has 2 N–H and O–H groups in total. The first-order valence-electron chi connectivity index (χ1n) is 7.14. The maximum absolute atomic E-state index is 12.1. The molecule has 0 spiro atoms. The molecule has 0 radical (unpaired) electrons. The van der Waals surface area contributed by atoms with Gasteiger partial charge in [0.05, 0.1) is 0 Å². The van der Waals surface area contributed by atoms with Gasteiger partial charge in [0.2, 0.25) is 0 Å². The second-order valence-electron chi connectivity index (χ2n) is 5.63. The summed E-state index contributed by atoms with van der Waals surface area (Å²) in [7, 11) is 0. The van der Waals surface area contributed by atoms with Gasteiger partial charge in [0.25, 0.3) is 0 Å². The smallest absolute Gasteiger partial charge is 0.308 e. The van der Waals surface area contributed by atoms with E-state index >= 15 is 0 Å². The molecule has 3 rings (SSSR count). The molecule has 22 heavy (non-hydrogen) atoms. The van der Waals surface area contributed by atoms with Crippen molar-refractivity contribution in [1.29, 1.82) is 0 Å². The van der Waals surface area contributed by atoms with Gasteiger partial charge in [0, 0.05) is 16.4 Å². The minimum Gasteiger partial charge on any atom is -0.308 e. The molecule has 112 valence electrons. The Bertz CT molecular complexity index is 768. The lowest BCUT2D eigenvalue weighted by Crippen LogP contribution is -2.19. The van der Waals surface area contributed by atoms with Crippen molar-refractivity contribution in [1.82, 2.24) is 0 Å². The molecule has 0 saturated heterocycles. The number of rotatable bonds is 2. The summed E-state index contributed by atoms with van der Waals surface area (Å²) < 4.78 is 0. The molecule has 2 amide bonds. The molecule has 0 heterocycles. The van der Waals surface area contributed by atoms with Gasteiger partial charge in [-0.3, -0.25) is 0 Å². The number of fused-ring (bicyclic) bond motifs is 1. The van der Waals surface area contributed by atoms with Crippen LogP contribution in [0.25, 0.3) is 0 Å². The third kappa shape index (κ3) is 3.15. The van der Waals surface area contributed by atoms with Crippen LogP contribution in [0.4, 0.5) is 16.2 Å². The number of nitrogens with one attached hydrogen (secondary N) is 2. The normalized spacial score (nSPS) is 12.9. The van der Waals surface area contributed by atoms with Crippen molar-refractivity contribution in [3.63, 3.8) is 0 Å². The predicted octanol–water partition coefficient (Wildman–Crippen LogP) is 4.95. The zero-order chi connectivity index (χ0) is 15.7. The molecule has 0 bridgehead atoms. The molecule has 0 saturated carbocycles. The molecule has 0 atom stereocenters. The third-order valence-electron chi connectivity index (χ3n) is 3.76. The number of carbonyl (C=O) groups is 1. The first-order valence-corrected chi connectivity index (χ1v) is 7.51. The summed E-state index contributed by atoms with van der Waals surface area (Å²) >= 11 is 5.98. The van der Waals surface area contributed by atoms with Gasteiger partial charge in [-0.25, -0.2) is 4.79 Å². The Morgan fingerprint density at radius 2 is 1.68 bits per heavy atom. The second kappa shape index (κ2) is 5.85. The Kier molecular flexibility index (Phi) is 3.90. The summed E-state index contributed by atoms with van der Waals surface area (Å²) in [6, 6.07) is 11.1. The molecule has 2 aromatic rings. The van der Waals surface area contributed by atoms with Crippen LogP contribution < -0.4 is 10.6 Å². The number of benzene rings is 2. The zero-order valence-electron chi connectivity index (χ0n) is 12.4. The van der Waals surface area contributed by atoms with E-state index in [1.165, 1.54) is 16.7 Å². The standard InChI is InChI=1S/C18H17ClN2O/c1-11-7-13-3-4-16(10-14(13)8-11)21-18(22)20-15-5-6-17(19)12(2)9-15/h3-6,9-10H,1,7-8H2,2H3,(H2,20,21,22). The molecule has 0 unspecified atom stereocenters. The van der Waals surface area contributed by atoms with Crippen LogP contribution >= 0.6 is 11.6 Å². The number of amides is 2. The topological polar surface area (TPSA) is 41.1 Å². The molecule has 0 fully saturated rings. The first-order chi connectivity index (χ1) is 10.5. The van der Waals surface area contributed by atoms with E-state index in [0.29, 0.717) is 10.7 Å². The van der Waals surface area contributed by atoms with Crippen LogP contribution in [-0.4, -0.2) is 6.03 Å². The number of aryl methyl sites for hydroxylation is 1. The van der Waals surface area contributed by atoms with Gasteiger partial charge in [-0.2, -0.15) is 0 Å². The molecule has 0 aromatic heterocycles. The van der Waals surface area contributed by atoms with Crippen molar-refractivity contribution in [3.05, 3.63) is 70.3 Å². The lowest BCUT2D eigenvalue weighted by Gasteiger charge is -2.10. The first kappa shape index (κ1) is 14.7. The van der Waals surface area contributed by atoms with E-state index in [4.69, 9.17) is 11.6 Å². The highest BCUT2D eigenvalue weighted by Crippen LogP contribution is 2.27. The minimum absolute atomic E-state index is 0.265. The highest BCUT2D eigenvalue weighted by molar-refractivity contribution is 6.31. The van der Waals surface area contributed by atoms with Gasteiger partial charge < -0.3 is 10.6 Å². The predicted molar refractivity (Wildman–Crippen MR) is 91.8 cm³/mol. The average molecular weight is 313 g/mol. The average Bonchev–Trinajstić information content (AvgIpc) is 2.82. The van der Waals surface area contributed by atoms with E-state index in [9.17, 15) is 4.79 Å². The Balaban J connectivity index is 1.68. The Morgan fingerprint density at radius 3 is 2.41 bits per heavy atom. The summed E-state index contributed by atoms with van der Waals surface area (Å²) in [4.78, 5) is 12.1. The van der Waals surface area contributed by atoms with Crippen LogP contribution in [0.15, 0.2) is 48.6 Å². The molecular weight excluding hydrogens is 296 g/mol. The van der Waals surface area contributed by atoms with Gasteiger partial charge in [-0.1, -0.05) is 29.8 Å².